The van der Waals surface area contributed by atoms with Crippen LogP contribution in [-0.2, 0) is 0 Å². The van der Waals surface area contributed by atoms with Gasteiger partial charge in [-0.1, -0.05) is 29.8 Å². The molecule has 0 aromatic heterocycles. The molecular weight excluding hydrogens is 244 g/mol. The Morgan fingerprint density at radius 2 is 1.89 bits per heavy atom. The smallest absolute Gasteiger partial charge is 0.129 e. The quantitative estimate of drug-likeness (QED) is 0.785. The molecule has 2 rings (SSSR count). The van der Waals surface area contributed by atoms with Crippen molar-refractivity contribution in [3.8, 4) is 0 Å². The maximum Gasteiger partial charge on any atom is 0.129 e. The normalized spacial score (nSPS) is 20.0. The van der Waals surface area contributed by atoms with Crippen LogP contribution >= 0.6 is 11.6 Å². The Morgan fingerprint density at radius 3 is 2.56 bits per heavy atom. The molecule has 1 aromatic carbocycles. The van der Waals surface area contributed by atoms with Crippen molar-refractivity contribution in [2.24, 2.45) is 4.99 Å². The van der Waals surface area contributed by atoms with Gasteiger partial charge < -0.3 is 4.90 Å². The van der Waals surface area contributed by atoms with Crippen LogP contribution in [0, 0.1) is 0 Å². The Morgan fingerprint density at radius 1 is 1.22 bits per heavy atom. The molecule has 0 saturated carbocycles. The first-order valence-electron chi connectivity index (χ1n) is 6.00. The first-order valence-corrected chi connectivity index (χ1v) is 6.37. The first kappa shape index (κ1) is 12.9. The van der Waals surface area contributed by atoms with Gasteiger partial charge in [-0.15, -0.1) is 0 Å². The molecule has 0 spiro atoms. The second-order valence-corrected chi connectivity index (χ2v) is 4.95. The van der Waals surface area contributed by atoms with Crippen molar-refractivity contribution in [3.63, 3.8) is 0 Å². The molecule has 1 aliphatic heterocycles. The molecule has 1 atom stereocenters. The van der Waals surface area contributed by atoms with Gasteiger partial charge >= 0.3 is 0 Å². The van der Waals surface area contributed by atoms with Gasteiger partial charge in [0.15, 0.2) is 0 Å². The average Bonchev–Trinajstić information content (AvgIpc) is 2.34. The SMILES string of the molecule is CC1=CC(C)N(C)C(/C=C/c2ccc(Cl)cc2)=N1. The lowest BCUT2D eigenvalue weighted by Crippen LogP contribution is -2.35. The number of aliphatic imine (C=N–C) groups is 1. The number of rotatable bonds is 2. The summed E-state index contributed by atoms with van der Waals surface area (Å²) in [5.74, 6) is 0.984. The zero-order valence-corrected chi connectivity index (χ0v) is 11.6. The number of benzene rings is 1. The molecule has 3 heteroatoms. The summed E-state index contributed by atoms with van der Waals surface area (Å²) in [6, 6.07) is 8.15. The highest BCUT2D eigenvalue weighted by Gasteiger charge is 2.14. The van der Waals surface area contributed by atoms with Crippen molar-refractivity contribution in [1.82, 2.24) is 4.90 Å². The summed E-state index contributed by atoms with van der Waals surface area (Å²) in [7, 11) is 2.05. The minimum absolute atomic E-state index is 0.382. The van der Waals surface area contributed by atoms with Crippen LogP contribution in [0.2, 0.25) is 5.02 Å². The fourth-order valence-corrected chi connectivity index (χ4v) is 1.99. The van der Waals surface area contributed by atoms with E-state index in [1.165, 1.54) is 0 Å². The lowest BCUT2D eigenvalue weighted by molar-refractivity contribution is 0.445. The molecule has 1 heterocycles. The van der Waals surface area contributed by atoms with Crippen molar-refractivity contribution in [1.29, 1.82) is 0 Å². The van der Waals surface area contributed by atoms with Gasteiger partial charge in [-0.3, -0.25) is 0 Å². The maximum atomic E-state index is 5.86. The molecule has 0 N–H and O–H groups in total. The van der Waals surface area contributed by atoms with Gasteiger partial charge in [0.1, 0.15) is 5.84 Å². The minimum Gasteiger partial charge on any atom is -0.353 e. The molecular formula is C15H17ClN2. The van der Waals surface area contributed by atoms with E-state index in [9.17, 15) is 0 Å². The van der Waals surface area contributed by atoms with Crippen molar-refractivity contribution >= 4 is 23.5 Å². The zero-order valence-electron chi connectivity index (χ0n) is 10.9. The highest BCUT2D eigenvalue weighted by molar-refractivity contribution is 6.30. The molecule has 0 bridgehead atoms. The number of nitrogens with zero attached hydrogens (tertiary/aromatic N) is 2. The van der Waals surface area contributed by atoms with Crippen LogP contribution in [0.3, 0.4) is 0 Å². The van der Waals surface area contributed by atoms with Crippen LogP contribution in [0.1, 0.15) is 19.4 Å². The number of amidine groups is 1. The monoisotopic (exact) mass is 260 g/mol. The molecule has 1 aromatic rings. The molecule has 2 nitrogen and oxygen atoms in total. The summed E-state index contributed by atoms with van der Waals surface area (Å²) in [6.45, 7) is 4.19. The molecule has 0 aliphatic carbocycles. The molecule has 0 saturated heterocycles. The predicted molar refractivity (Wildman–Crippen MR) is 78.9 cm³/mol. The van der Waals surface area contributed by atoms with Crippen molar-refractivity contribution < 1.29 is 0 Å². The number of hydrogen-bond donors (Lipinski definition) is 0. The number of hydrogen-bond acceptors (Lipinski definition) is 2. The molecule has 18 heavy (non-hydrogen) atoms. The Kier molecular flexibility index (Phi) is 3.87. The van der Waals surface area contributed by atoms with E-state index in [0.29, 0.717) is 6.04 Å². The summed E-state index contributed by atoms with van der Waals surface area (Å²) >= 11 is 5.86. The number of allylic oxidation sites excluding steroid dienone is 1. The van der Waals surface area contributed by atoms with Gasteiger partial charge in [0.05, 0.1) is 0 Å². The van der Waals surface area contributed by atoms with Gasteiger partial charge in [-0.25, -0.2) is 4.99 Å². The fourth-order valence-electron chi connectivity index (χ4n) is 1.87. The van der Waals surface area contributed by atoms with E-state index in [1.807, 2.05) is 37.3 Å². The Bertz CT molecular complexity index is 512. The van der Waals surface area contributed by atoms with Crippen LogP contribution < -0.4 is 0 Å². The van der Waals surface area contributed by atoms with Crippen molar-refractivity contribution in [2.75, 3.05) is 7.05 Å². The highest BCUT2D eigenvalue weighted by atomic mass is 35.5. The van der Waals surface area contributed by atoms with Crippen LogP contribution in [-0.4, -0.2) is 23.8 Å². The summed E-state index contributed by atoms with van der Waals surface area (Å²) in [5.41, 5.74) is 2.19. The second kappa shape index (κ2) is 5.40. The van der Waals surface area contributed by atoms with Gasteiger partial charge in [-0.2, -0.15) is 0 Å². The molecule has 94 valence electrons. The Balaban J connectivity index is 2.18. The van der Waals surface area contributed by atoms with Gasteiger partial charge in [0.25, 0.3) is 0 Å². The lowest BCUT2D eigenvalue weighted by Gasteiger charge is -2.28. The number of likely N-dealkylation sites (N-methyl/N-ethyl adjacent to an activating group) is 1. The predicted octanol–water partition coefficient (Wildman–Crippen LogP) is 3.99. The zero-order chi connectivity index (χ0) is 13.1. The largest absolute Gasteiger partial charge is 0.353 e. The molecule has 0 amide bonds. The van der Waals surface area contributed by atoms with E-state index in [-0.39, 0.29) is 0 Å². The van der Waals surface area contributed by atoms with E-state index in [0.717, 1.165) is 22.1 Å². The summed E-state index contributed by atoms with van der Waals surface area (Å²) in [5, 5.41) is 0.756. The van der Waals surface area contributed by atoms with E-state index in [4.69, 9.17) is 11.6 Å². The highest BCUT2D eigenvalue weighted by Crippen LogP contribution is 2.15. The lowest BCUT2D eigenvalue weighted by atomic mass is 10.1. The summed E-state index contributed by atoms with van der Waals surface area (Å²) in [4.78, 5) is 6.69. The Hall–Kier alpha value is -1.54. The second-order valence-electron chi connectivity index (χ2n) is 4.51. The Labute approximate surface area is 113 Å². The minimum atomic E-state index is 0.382. The average molecular weight is 261 g/mol. The van der Waals surface area contributed by atoms with Gasteiger partial charge in [0.2, 0.25) is 0 Å². The molecule has 1 unspecified atom stereocenters. The standard InChI is InChI=1S/C15H17ClN2/c1-11-10-12(2)18(3)15(17-11)9-6-13-4-7-14(16)8-5-13/h4-10,12H,1-3H3/b9-6+. The molecule has 0 fully saturated rings. The third-order valence-electron chi connectivity index (χ3n) is 3.04. The first-order chi connectivity index (χ1) is 8.56. The van der Waals surface area contributed by atoms with Crippen molar-refractivity contribution in [3.05, 3.63) is 52.7 Å². The number of halogens is 1. The van der Waals surface area contributed by atoms with Gasteiger partial charge in [0, 0.05) is 23.8 Å². The summed E-state index contributed by atoms with van der Waals surface area (Å²) in [6.07, 6.45) is 6.24. The topological polar surface area (TPSA) is 15.6 Å². The maximum absolute atomic E-state index is 5.86. The van der Waals surface area contributed by atoms with E-state index in [1.54, 1.807) is 0 Å². The summed E-state index contributed by atoms with van der Waals surface area (Å²) < 4.78 is 0. The van der Waals surface area contributed by atoms with Gasteiger partial charge in [-0.05, 0) is 43.7 Å². The molecule has 0 radical (unpaired) electrons. The van der Waals surface area contributed by atoms with E-state index in [2.05, 4.69) is 36.0 Å². The fraction of sp³-hybridized carbons (Fsp3) is 0.267. The third-order valence-corrected chi connectivity index (χ3v) is 3.29. The van der Waals surface area contributed by atoms with E-state index >= 15 is 0 Å². The van der Waals surface area contributed by atoms with Crippen LogP contribution in [0.4, 0.5) is 0 Å². The van der Waals surface area contributed by atoms with E-state index < -0.39 is 0 Å². The van der Waals surface area contributed by atoms with Crippen LogP contribution in [0.25, 0.3) is 6.08 Å². The third kappa shape index (κ3) is 3.02. The van der Waals surface area contributed by atoms with Crippen LogP contribution in [0.5, 0.6) is 0 Å². The molecule has 1 aliphatic rings. The van der Waals surface area contributed by atoms with Crippen molar-refractivity contribution in [2.45, 2.75) is 19.9 Å². The van der Waals surface area contributed by atoms with Crippen LogP contribution in [0.15, 0.2) is 47.1 Å².